The van der Waals surface area contributed by atoms with E-state index in [0.29, 0.717) is 0 Å². The van der Waals surface area contributed by atoms with Gasteiger partial charge in [-0.3, -0.25) is 0 Å². The number of aryl methyl sites for hydroxylation is 3. The average Bonchev–Trinajstić information content (AvgIpc) is 2.20. The van der Waals surface area contributed by atoms with Crippen LogP contribution in [0.5, 0.6) is 0 Å². The molecule has 0 radical (unpaired) electrons. The molecule has 0 saturated carbocycles. The molecule has 0 saturated heterocycles. The number of hydrogen-bond acceptors (Lipinski definition) is 0. The fourth-order valence-electron chi connectivity index (χ4n) is 2.04. The average molecular weight is 214 g/mol. The van der Waals surface area contributed by atoms with Crippen LogP contribution in [-0.2, 0) is 0 Å². The van der Waals surface area contributed by atoms with E-state index in [-0.39, 0.29) is 5.82 Å². The summed E-state index contributed by atoms with van der Waals surface area (Å²) < 4.78 is 13.2. The van der Waals surface area contributed by atoms with Crippen molar-refractivity contribution in [2.24, 2.45) is 0 Å². The van der Waals surface area contributed by atoms with Crippen LogP contribution in [0.4, 0.5) is 4.39 Å². The first-order valence-corrected chi connectivity index (χ1v) is 5.41. The highest BCUT2D eigenvalue weighted by molar-refractivity contribution is 5.68. The number of hydrogen-bond donors (Lipinski definition) is 0. The van der Waals surface area contributed by atoms with Gasteiger partial charge in [0.05, 0.1) is 0 Å². The van der Waals surface area contributed by atoms with Crippen molar-refractivity contribution in [2.45, 2.75) is 20.8 Å². The van der Waals surface area contributed by atoms with Gasteiger partial charge in [-0.2, -0.15) is 0 Å². The first-order chi connectivity index (χ1) is 7.56. The van der Waals surface area contributed by atoms with E-state index in [9.17, 15) is 4.39 Å². The van der Waals surface area contributed by atoms with Crippen molar-refractivity contribution in [3.05, 3.63) is 58.9 Å². The molecule has 0 aliphatic carbocycles. The molecule has 0 N–H and O–H groups in total. The van der Waals surface area contributed by atoms with Crippen LogP contribution >= 0.6 is 0 Å². The Labute approximate surface area is 95.7 Å². The van der Waals surface area contributed by atoms with Gasteiger partial charge in [0, 0.05) is 0 Å². The maximum absolute atomic E-state index is 13.2. The van der Waals surface area contributed by atoms with E-state index in [2.05, 4.69) is 32.0 Å². The van der Waals surface area contributed by atoms with Gasteiger partial charge >= 0.3 is 0 Å². The summed E-state index contributed by atoms with van der Waals surface area (Å²) in [5, 5.41) is 0. The molecule has 0 nitrogen and oxygen atoms in total. The molecular weight excluding hydrogens is 199 g/mol. The minimum Gasteiger partial charge on any atom is -0.207 e. The largest absolute Gasteiger partial charge is 0.207 e. The normalized spacial score (nSPS) is 10.5. The highest BCUT2D eigenvalue weighted by Crippen LogP contribution is 2.26. The number of rotatable bonds is 1. The standard InChI is InChI=1S/C15H15F/c1-10-6-11(2)8-13(7-10)15-9-14(16)5-4-12(15)3/h4-9H,1-3H3. The Morgan fingerprint density at radius 3 is 2.06 bits per heavy atom. The van der Waals surface area contributed by atoms with Crippen molar-refractivity contribution in [1.82, 2.24) is 0 Å². The van der Waals surface area contributed by atoms with E-state index < -0.39 is 0 Å². The van der Waals surface area contributed by atoms with Crippen LogP contribution in [0.2, 0.25) is 0 Å². The van der Waals surface area contributed by atoms with Gasteiger partial charge in [0.2, 0.25) is 0 Å². The quantitative estimate of drug-likeness (QED) is 0.659. The molecule has 0 aromatic heterocycles. The third-order valence-electron chi connectivity index (χ3n) is 2.73. The predicted octanol–water partition coefficient (Wildman–Crippen LogP) is 4.42. The highest BCUT2D eigenvalue weighted by Gasteiger charge is 2.04. The Morgan fingerprint density at radius 1 is 0.812 bits per heavy atom. The van der Waals surface area contributed by atoms with Gasteiger partial charge in [-0.15, -0.1) is 0 Å². The van der Waals surface area contributed by atoms with Crippen LogP contribution in [0.15, 0.2) is 36.4 Å². The smallest absolute Gasteiger partial charge is 0.123 e. The molecule has 1 heteroatoms. The summed E-state index contributed by atoms with van der Waals surface area (Å²) in [7, 11) is 0. The maximum atomic E-state index is 13.2. The molecule has 0 bridgehead atoms. The Hall–Kier alpha value is -1.63. The molecule has 0 fully saturated rings. The fraction of sp³-hybridized carbons (Fsp3) is 0.200. The second-order valence-corrected chi connectivity index (χ2v) is 4.34. The second-order valence-electron chi connectivity index (χ2n) is 4.34. The Kier molecular flexibility index (Phi) is 2.78. The van der Waals surface area contributed by atoms with Crippen molar-refractivity contribution >= 4 is 0 Å². The third-order valence-corrected chi connectivity index (χ3v) is 2.73. The molecule has 0 amide bonds. The Morgan fingerprint density at radius 2 is 1.44 bits per heavy atom. The SMILES string of the molecule is Cc1cc(C)cc(-c2cc(F)ccc2C)c1. The molecule has 16 heavy (non-hydrogen) atoms. The molecule has 0 aliphatic rings. The molecule has 0 unspecified atom stereocenters. The van der Waals surface area contributed by atoms with Crippen LogP contribution in [0.25, 0.3) is 11.1 Å². The summed E-state index contributed by atoms with van der Waals surface area (Å²) in [6, 6.07) is 11.2. The van der Waals surface area contributed by atoms with Gasteiger partial charge < -0.3 is 0 Å². The summed E-state index contributed by atoms with van der Waals surface area (Å²) in [6.07, 6.45) is 0. The van der Waals surface area contributed by atoms with E-state index in [1.54, 1.807) is 6.07 Å². The second kappa shape index (κ2) is 4.09. The van der Waals surface area contributed by atoms with E-state index in [4.69, 9.17) is 0 Å². The number of benzene rings is 2. The predicted molar refractivity (Wildman–Crippen MR) is 66.0 cm³/mol. The summed E-state index contributed by atoms with van der Waals surface area (Å²) in [5.74, 6) is -0.181. The zero-order valence-electron chi connectivity index (χ0n) is 9.84. The fourth-order valence-corrected chi connectivity index (χ4v) is 2.04. The zero-order chi connectivity index (χ0) is 11.7. The molecule has 0 heterocycles. The summed E-state index contributed by atoms with van der Waals surface area (Å²) in [6.45, 7) is 6.13. The lowest BCUT2D eigenvalue weighted by molar-refractivity contribution is 0.628. The summed E-state index contributed by atoms with van der Waals surface area (Å²) in [5.41, 5.74) is 5.59. The molecular formula is C15H15F. The summed E-state index contributed by atoms with van der Waals surface area (Å²) >= 11 is 0. The molecule has 0 aliphatic heterocycles. The lowest BCUT2D eigenvalue weighted by Crippen LogP contribution is -1.87. The molecule has 2 rings (SSSR count). The zero-order valence-corrected chi connectivity index (χ0v) is 9.84. The first kappa shape index (κ1) is 10.9. The lowest BCUT2D eigenvalue weighted by Gasteiger charge is -2.08. The van der Waals surface area contributed by atoms with Crippen molar-refractivity contribution in [1.29, 1.82) is 0 Å². The Balaban J connectivity index is 2.62. The van der Waals surface area contributed by atoms with Gasteiger partial charge in [0.1, 0.15) is 5.82 Å². The van der Waals surface area contributed by atoms with Crippen molar-refractivity contribution in [3.8, 4) is 11.1 Å². The van der Waals surface area contributed by atoms with E-state index in [0.717, 1.165) is 16.7 Å². The highest BCUT2D eigenvalue weighted by atomic mass is 19.1. The van der Waals surface area contributed by atoms with Crippen LogP contribution in [0.1, 0.15) is 16.7 Å². The van der Waals surface area contributed by atoms with Gasteiger partial charge in [0.25, 0.3) is 0 Å². The molecule has 82 valence electrons. The van der Waals surface area contributed by atoms with Gasteiger partial charge in [-0.1, -0.05) is 35.4 Å². The molecule has 0 atom stereocenters. The minimum atomic E-state index is -0.181. The van der Waals surface area contributed by atoms with Crippen molar-refractivity contribution in [3.63, 3.8) is 0 Å². The van der Waals surface area contributed by atoms with Crippen LogP contribution in [0.3, 0.4) is 0 Å². The summed E-state index contributed by atoms with van der Waals surface area (Å²) in [4.78, 5) is 0. The topological polar surface area (TPSA) is 0 Å². The first-order valence-electron chi connectivity index (χ1n) is 5.41. The molecule has 2 aromatic rings. The maximum Gasteiger partial charge on any atom is 0.123 e. The van der Waals surface area contributed by atoms with Gasteiger partial charge in [-0.05, 0) is 49.6 Å². The van der Waals surface area contributed by atoms with Crippen molar-refractivity contribution in [2.75, 3.05) is 0 Å². The van der Waals surface area contributed by atoms with E-state index >= 15 is 0 Å². The number of halogens is 1. The van der Waals surface area contributed by atoms with Gasteiger partial charge in [-0.25, -0.2) is 4.39 Å². The molecule has 2 aromatic carbocycles. The van der Waals surface area contributed by atoms with Crippen molar-refractivity contribution < 1.29 is 4.39 Å². The lowest BCUT2D eigenvalue weighted by atomic mass is 9.97. The van der Waals surface area contributed by atoms with E-state index in [1.165, 1.54) is 17.2 Å². The minimum absolute atomic E-state index is 0.181. The molecule has 0 spiro atoms. The monoisotopic (exact) mass is 214 g/mol. The van der Waals surface area contributed by atoms with Crippen LogP contribution < -0.4 is 0 Å². The Bertz CT molecular complexity index is 507. The van der Waals surface area contributed by atoms with Crippen LogP contribution in [0, 0.1) is 26.6 Å². The third kappa shape index (κ3) is 2.13. The van der Waals surface area contributed by atoms with E-state index in [1.807, 2.05) is 13.0 Å². The van der Waals surface area contributed by atoms with Gasteiger partial charge in [0.15, 0.2) is 0 Å². The van der Waals surface area contributed by atoms with Crippen LogP contribution in [-0.4, -0.2) is 0 Å².